The Morgan fingerprint density at radius 3 is 2.00 bits per heavy atom. The first-order valence-corrected chi connectivity index (χ1v) is 12.9. The van der Waals surface area contributed by atoms with Crippen LogP contribution < -0.4 is 0 Å². The van der Waals surface area contributed by atoms with E-state index in [1.54, 1.807) is 0 Å². The van der Waals surface area contributed by atoms with Crippen LogP contribution in [0.2, 0.25) is 0 Å². The number of aliphatic hydroxyl groups is 5. The fourth-order valence-corrected chi connectivity index (χ4v) is 5.66. The summed E-state index contributed by atoms with van der Waals surface area (Å²) in [6.07, 6.45) is -11.4. The number of aromatic hydroxyl groups is 3. The molecule has 1 saturated carbocycles. The molecule has 1 heterocycles. The second kappa shape index (κ2) is 10.8. The highest BCUT2D eigenvalue weighted by Crippen LogP contribution is 2.50. The highest BCUT2D eigenvalue weighted by Gasteiger charge is 2.67. The average molecular weight is 587 g/mol. The van der Waals surface area contributed by atoms with Crippen LogP contribution >= 0.6 is 0 Å². The summed E-state index contributed by atoms with van der Waals surface area (Å²) in [6, 6.07) is 1.62. The van der Waals surface area contributed by atoms with Gasteiger partial charge in [-0.2, -0.15) is 0 Å². The molecule has 3 rings (SSSR count). The summed E-state index contributed by atoms with van der Waals surface area (Å²) < 4.78 is 16.5. The van der Waals surface area contributed by atoms with Crippen molar-refractivity contribution in [2.24, 2.45) is 10.8 Å². The van der Waals surface area contributed by atoms with E-state index in [9.17, 15) is 55.2 Å². The molecule has 7 atom stereocenters. The van der Waals surface area contributed by atoms with E-state index < -0.39 is 107 Å². The first-order valence-electron chi connectivity index (χ1n) is 12.9. The van der Waals surface area contributed by atoms with Crippen LogP contribution in [0.15, 0.2) is 12.1 Å². The Labute approximate surface area is 235 Å². The van der Waals surface area contributed by atoms with Gasteiger partial charge in [0.1, 0.15) is 37.1 Å². The number of esters is 1. The van der Waals surface area contributed by atoms with Crippen LogP contribution in [0.25, 0.3) is 0 Å². The molecule has 7 unspecified atom stereocenters. The maximum atomic E-state index is 13.5. The zero-order chi connectivity index (χ0) is 31.5. The number of phenolic OH excluding ortho intramolecular Hbond substituents is 3. The Morgan fingerprint density at radius 2 is 1.49 bits per heavy atom. The van der Waals surface area contributed by atoms with Crippen LogP contribution in [0.5, 0.6) is 17.2 Å². The minimum absolute atomic E-state index is 0.378. The zero-order valence-corrected chi connectivity index (χ0v) is 23.6. The van der Waals surface area contributed by atoms with Crippen LogP contribution in [-0.4, -0.2) is 113 Å². The smallest absolute Gasteiger partial charge is 0.338 e. The summed E-state index contributed by atoms with van der Waals surface area (Å²) in [5.41, 5.74) is -7.72. The Kier molecular flexibility index (Phi) is 8.58. The molecule has 14 nitrogen and oxygen atoms in total. The van der Waals surface area contributed by atoms with Crippen LogP contribution in [0, 0.1) is 10.8 Å². The van der Waals surface area contributed by atoms with Gasteiger partial charge >= 0.3 is 5.97 Å². The minimum atomic E-state index is -2.46. The van der Waals surface area contributed by atoms with E-state index in [4.69, 9.17) is 14.2 Å². The van der Waals surface area contributed by atoms with Gasteiger partial charge in [-0.25, -0.2) is 4.79 Å². The molecule has 14 heteroatoms. The molecule has 1 aliphatic heterocycles. The van der Waals surface area contributed by atoms with Crippen molar-refractivity contribution in [3.63, 3.8) is 0 Å². The number of phenols is 3. The molecule has 1 aromatic carbocycles. The molecule has 2 fully saturated rings. The third-order valence-electron chi connectivity index (χ3n) is 7.53. The van der Waals surface area contributed by atoms with Crippen molar-refractivity contribution >= 4 is 17.5 Å². The molecular formula is C27H38O14. The summed E-state index contributed by atoms with van der Waals surface area (Å²) in [6.45, 7) is 7.44. The highest BCUT2D eigenvalue weighted by molar-refractivity contribution is 6.14. The van der Waals surface area contributed by atoms with Crippen LogP contribution in [0.3, 0.4) is 0 Å². The number of carbonyl (C=O) groups is 3. The van der Waals surface area contributed by atoms with Crippen molar-refractivity contribution in [2.45, 2.75) is 96.0 Å². The van der Waals surface area contributed by atoms with Gasteiger partial charge in [0.2, 0.25) is 0 Å². The summed E-state index contributed by atoms with van der Waals surface area (Å²) in [7, 11) is 0. The van der Waals surface area contributed by atoms with Gasteiger partial charge < -0.3 is 55.1 Å². The van der Waals surface area contributed by atoms with E-state index in [1.807, 2.05) is 0 Å². The molecule has 41 heavy (non-hydrogen) atoms. The van der Waals surface area contributed by atoms with Crippen molar-refractivity contribution in [2.75, 3.05) is 6.61 Å². The normalized spacial score (nSPS) is 33.4. The lowest BCUT2D eigenvalue weighted by Gasteiger charge is -2.54. The fourth-order valence-electron chi connectivity index (χ4n) is 5.66. The number of ketones is 2. The van der Waals surface area contributed by atoms with Crippen LogP contribution in [0.4, 0.5) is 0 Å². The first-order chi connectivity index (χ1) is 18.6. The minimum Gasteiger partial charge on any atom is -0.504 e. The predicted octanol–water partition coefficient (Wildman–Crippen LogP) is -0.751. The van der Waals surface area contributed by atoms with Gasteiger partial charge in [0.15, 0.2) is 40.7 Å². The van der Waals surface area contributed by atoms with Crippen molar-refractivity contribution in [1.82, 2.24) is 0 Å². The fraction of sp³-hybridized carbons (Fsp3) is 0.667. The molecule has 0 radical (unpaired) electrons. The lowest BCUT2D eigenvalue weighted by Crippen LogP contribution is -2.72. The van der Waals surface area contributed by atoms with Gasteiger partial charge in [-0.3, -0.25) is 9.59 Å². The Morgan fingerprint density at radius 1 is 0.951 bits per heavy atom. The number of rotatable bonds is 7. The standard InChI is InChI=1S/C27H38O14/c1-24(2,37)10-27(38)22(36)25(3,4)21(35)26(5,6)23(27)41-20-18(33)17(32)16(31)14(40-20)9-39-19(34)11-7-12(28)15(30)13(29)8-11/h7-8,14,16-18,20,23,28-33,37-38H,9-10H2,1-6H3. The number of Topliss-reactive ketones (excluding diaryl/α,β-unsaturated/α-hetero) is 2. The average Bonchev–Trinajstić information content (AvgIpc) is 2.85. The third kappa shape index (κ3) is 5.91. The van der Waals surface area contributed by atoms with Gasteiger partial charge in [-0.05, 0) is 39.8 Å². The molecule has 1 aliphatic carbocycles. The van der Waals surface area contributed by atoms with E-state index in [-0.39, 0.29) is 5.56 Å². The van der Waals surface area contributed by atoms with Gasteiger partial charge in [0.25, 0.3) is 0 Å². The number of hydrogen-bond acceptors (Lipinski definition) is 14. The molecule has 0 spiro atoms. The number of carbonyl (C=O) groups excluding carboxylic acids is 3. The lowest BCUT2D eigenvalue weighted by molar-refractivity contribution is -0.333. The molecule has 2 aliphatic rings. The summed E-state index contributed by atoms with van der Waals surface area (Å²) in [5, 5.41) is 82.6. The van der Waals surface area contributed by atoms with Crippen molar-refractivity contribution in [3.8, 4) is 17.2 Å². The van der Waals surface area contributed by atoms with Crippen LogP contribution in [-0.2, 0) is 23.8 Å². The van der Waals surface area contributed by atoms with Gasteiger partial charge in [0, 0.05) is 6.42 Å². The molecule has 230 valence electrons. The number of hydrogen-bond donors (Lipinski definition) is 8. The Balaban J connectivity index is 1.89. The van der Waals surface area contributed by atoms with Crippen molar-refractivity contribution < 1.29 is 69.4 Å². The number of aliphatic hydroxyl groups excluding tert-OH is 3. The largest absolute Gasteiger partial charge is 0.504 e. The zero-order valence-electron chi connectivity index (χ0n) is 23.6. The third-order valence-corrected chi connectivity index (χ3v) is 7.53. The second-order valence-electron chi connectivity index (χ2n) is 12.4. The summed E-state index contributed by atoms with van der Waals surface area (Å²) in [4.78, 5) is 39.3. The Hall–Kier alpha value is -2.85. The predicted molar refractivity (Wildman–Crippen MR) is 137 cm³/mol. The van der Waals surface area contributed by atoms with Crippen LogP contribution in [0.1, 0.15) is 58.3 Å². The lowest BCUT2D eigenvalue weighted by atomic mass is 9.54. The number of benzene rings is 1. The van der Waals surface area contributed by atoms with E-state index in [1.165, 1.54) is 41.5 Å². The summed E-state index contributed by atoms with van der Waals surface area (Å²) >= 11 is 0. The first kappa shape index (κ1) is 32.7. The maximum Gasteiger partial charge on any atom is 0.338 e. The highest BCUT2D eigenvalue weighted by atomic mass is 16.7. The molecule has 1 aromatic rings. The SMILES string of the molecule is CC(C)(O)CC1(O)C(=O)C(C)(C)C(=O)C(C)(C)C1OC1OC(COC(=O)c2cc(O)c(O)c(O)c2)C(O)C(O)C1O. The van der Waals surface area contributed by atoms with E-state index >= 15 is 0 Å². The number of ether oxygens (including phenoxy) is 3. The van der Waals surface area contributed by atoms with Gasteiger partial charge in [-0.1, -0.05) is 13.8 Å². The molecule has 0 bridgehead atoms. The molecule has 0 amide bonds. The molecular weight excluding hydrogens is 548 g/mol. The van der Waals surface area contributed by atoms with Gasteiger partial charge in [0.05, 0.1) is 22.0 Å². The van der Waals surface area contributed by atoms with E-state index in [0.717, 1.165) is 12.1 Å². The summed E-state index contributed by atoms with van der Waals surface area (Å²) in [5.74, 6) is -5.14. The molecule has 0 aromatic heterocycles. The molecule has 8 N–H and O–H groups in total. The quantitative estimate of drug-likeness (QED) is 0.111. The van der Waals surface area contributed by atoms with Gasteiger partial charge in [-0.15, -0.1) is 0 Å². The Bertz CT molecular complexity index is 1180. The maximum absolute atomic E-state index is 13.5. The van der Waals surface area contributed by atoms with Crippen molar-refractivity contribution in [1.29, 1.82) is 0 Å². The second-order valence-corrected chi connectivity index (χ2v) is 12.4. The van der Waals surface area contributed by atoms with Crippen molar-refractivity contribution in [3.05, 3.63) is 17.7 Å². The molecule has 1 saturated heterocycles. The monoisotopic (exact) mass is 586 g/mol. The van der Waals surface area contributed by atoms with E-state index in [0.29, 0.717) is 0 Å². The topological polar surface area (TPSA) is 241 Å². The van der Waals surface area contributed by atoms with E-state index in [2.05, 4.69) is 0 Å².